The third kappa shape index (κ3) is 21.9. The minimum atomic E-state index is -0.844. The number of hydrogen-bond acceptors (Lipinski definition) is 14. The van der Waals surface area contributed by atoms with Crippen molar-refractivity contribution >= 4 is 71.3 Å². The molecule has 458 valence electrons. The molecular weight excluding hydrogens is 1120 g/mol. The Morgan fingerprint density at radius 2 is 0.682 bits per heavy atom. The first kappa shape index (κ1) is 63.6. The number of nitrogens with zero attached hydrogens (tertiary/aromatic N) is 4. The molecule has 22 heteroatoms. The molecule has 0 bridgehead atoms. The first-order chi connectivity index (χ1) is 42.9. The summed E-state index contributed by atoms with van der Waals surface area (Å²) in [6.45, 7) is 1.60. The molecule has 8 rings (SSSR count). The number of ether oxygens (including phenoxy) is 4. The summed E-state index contributed by atoms with van der Waals surface area (Å²) in [6.07, 6.45) is 2.09. The van der Waals surface area contributed by atoms with Gasteiger partial charge in [-0.15, -0.1) is 0 Å². The molecule has 0 aliphatic carbocycles. The van der Waals surface area contributed by atoms with E-state index in [0.29, 0.717) is 88.9 Å². The van der Waals surface area contributed by atoms with Gasteiger partial charge >= 0.3 is 24.4 Å². The van der Waals surface area contributed by atoms with Crippen molar-refractivity contribution < 1.29 is 57.3 Å². The van der Waals surface area contributed by atoms with E-state index in [0.717, 1.165) is 33.4 Å². The molecule has 0 spiro atoms. The van der Waals surface area contributed by atoms with Crippen LogP contribution in [0.25, 0.3) is 0 Å². The summed E-state index contributed by atoms with van der Waals surface area (Å²) in [5.74, 6) is -1.23. The van der Waals surface area contributed by atoms with Gasteiger partial charge in [0.1, 0.15) is 38.5 Å². The predicted octanol–water partition coefficient (Wildman–Crippen LogP) is 9.62. The van der Waals surface area contributed by atoms with E-state index in [4.69, 9.17) is 18.9 Å². The van der Waals surface area contributed by atoms with E-state index >= 15 is 0 Å². The highest BCUT2D eigenvalue weighted by Crippen LogP contribution is 2.21. The van der Waals surface area contributed by atoms with Crippen LogP contribution in [0.15, 0.2) is 180 Å². The normalized spacial score (nSPS) is 14.5. The Balaban J connectivity index is 0.728. The fourth-order valence-electron chi connectivity index (χ4n) is 9.57. The molecule has 0 saturated carbocycles. The van der Waals surface area contributed by atoms with E-state index in [9.17, 15) is 38.4 Å². The van der Waals surface area contributed by atoms with Crippen molar-refractivity contribution in [1.29, 1.82) is 0 Å². The Bertz CT molecular complexity index is 3000. The predicted molar refractivity (Wildman–Crippen MR) is 327 cm³/mol. The van der Waals surface area contributed by atoms with Gasteiger partial charge in [0.2, 0.25) is 35.5 Å². The highest BCUT2D eigenvalue weighted by Gasteiger charge is 2.31. The number of aliphatic imine (C=N–C) groups is 2. The van der Waals surface area contributed by atoms with E-state index in [1.54, 1.807) is 58.3 Å². The number of likely N-dealkylation sites (tertiary alicyclic amines) is 2. The van der Waals surface area contributed by atoms with Gasteiger partial charge in [0.25, 0.3) is 0 Å². The zero-order chi connectivity index (χ0) is 61.7. The van der Waals surface area contributed by atoms with Crippen molar-refractivity contribution in [2.75, 3.05) is 13.1 Å². The highest BCUT2D eigenvalue weighted by atomic mass is 16.6. The maximum Gasteiger partial charge on any atom is 0.414 e. The largest absolute Gasteiger partial charge is 0.444 e. The van der Waals surface area contributed by atoms with Gasteiger partial charge in [0.15, 0.2) is 0 Å². The van der Waals surface area contributed by atoms with Crippen molar-refractivity contribution in [2.24, 2.45) is 9.98 Å². The van der Waals surface area contributed by atoms with E-state index in [-0.39, 0.29) is 74.8 Å². The lowest BCUT2D eigenvalue weighted by molar-refractivity contribution is -0.139. The SMILES string of the molecule is O=C(CCCCCCC(=O)NC1CCCN(Cc2ccc(N=C(NC(=O)OCc3ccccc3)NC(=O)OCc3ccccc3)cc2)C1=O)NC1CCCN(Cc2ccc(N=C(NC(=O)OCc3ccccc3)NC(=O)OCc3ccccc3)cc2)C1=O. The smallest absolute Gasteiger partial charge is 0.414 e. The number of carbonyl (C=O) groups is 8. The fourth-order valence-corrected chi connectivity index (χ4v) is 9.57. The molecule has 2 atom stereocenters. The first-order valence-electron chi connectivity index (χ1n) is 29.3. The average Bonchev–Trinajstić information content (AvgIpc) is 3.11. The molecule has 6 aromatic rings. The van der Waals surface area contributed by atoms with Gasteiger partial charge in [-0.1, -0.05) is 158 Å². The van der Waals surface area contributed by atoms with E-state index in [1.807, 2.05) is 121 Å². The third-order valence-electron chi connectivity index (χ3n) is 14.1. The number of alkyl carbamates (subject to hydrolysis) is 4. The topological polar surface area (TPSA) is 277 Å². The van der Waals surface area contributed by atoms with Gasteiger partial charge in [-0.05, 0) is 96.2 Å². The van der Waals surface area contributed by atoms with Crippen molar-refractivity contribution in [1.82, 2.24) is 41.7 Å². The number of rotatable bonds is 23. The van der Waals surface area contributed by atoms with Gasteiger partial charge in [-0.25, -0.2) is 29.2 Å². The molecule has 2 aliphatic rings. The Labute approximate surface area is 510 Å². The summed E-state index contributed by atoms with van der Waals surface area (Å²) in [4.78, 5) is 117. The standard InChI is InChI=1S/C66H72N10O12/c77-57(69-55-27-17-39-75(59(55)79)41-47-31-35-53(36-32-47)67-61(71-63(81)85-43-49-19-7-3-8-20-49)72-64(82)86-44-50-21-9-4-10-22-50)29-15-1-2-16-30-58(78)70-56-28-18-40-76(60(56)80)42-48-33-37-54(38-34-48)68-62(73-65(83)87-45-51-23-11-5-12-24-51)74-66(84)88-46-52-25-13-6-14-26-52/h3-14,19-26,31-38,55-56H,1-2,15-18,27-30,39-46H2,(H,69,77)(H,70,78)(H2,67,71,72,81,82)(H2,68,73,74,83,84). The molecule has 2 heterocycles. The summed E-state index contributed by atoms with van der Waals surface area (Å²) in [6, 6.07) is 49.0. The Kier molecular flexibility index (Phi) is 24.5. The Hall–Kier alpha value is -10.4. The number of hydrogen-bond donors (Lipinski definition) is 6. The van der Waals surface area contributed by atoms with Crippen LogP contribution in [0.4, 0.5) is 30.6 Å². The maximum absolute atomic E-state index is 13.6. The van der Waals surface area contributed by atoms with Gasteiger partial charge in [-0.3, -0.25) is 40.4 Å². The van der Waals surface area contributed by atoms with E-state index in [1.165, 1.54) is 0 Å². The van der Waals surface area contributed by atoms with Crippen molar-refractivity contribution in [2.45, 2.75) is 116 Å². The summed E-state index contributed by atoms with van der Waals surface area (Å²) in [5, 5.41) is 15.8. The highest BCUT2D eigenvalue weighted by molar-refractivity contribution is 6.03. The van der Waals surface area contributed by atoms with Gasteiger partial charge in [0.05, 0.1) is 11.4 Å². The number of unbranched alkanes of at least 4 members (excludes halogenated alkanes) is 3. The molecule has 2 fully saturated rings. The van der Waals surface area contributed by atoms with Gasteiger partial charge in [-0.2, -0.15) is 0 Å². The molecule has 6 N–H and O–H groups in total. The monoisotopic (exact) mass is 1200 g/mol. The molecule has 0 radical (unpaired) electrons. The van der Waals surface area contributed by atoms with Crippen molar-refractivity contribution in [3.63, 3.8) is 0 Å². The van der Waals surface area contributed by atoms with Crippen LogP contribution in [0, 0.1) is 0 Å². The quantitative estimate of drug-likeness (QED) is 0.0151. The molecular formula is C66H72N10O12. The summed E-state index contributed by atoms with van der Waals surface area (Å²) >= 11 is 0. The molecule has 2 saturated heterocycles. The van der Waals surface area contributed by atoms with Crippen LogP contribution < -0.4 is 31.9 Å². The summed E-state index contributed by atoms with van der Waals surface area (Å²) < 4.78 is 21.4. The molecule has 2 aliphatic heterocycles. The summed E-state index contributed by atoms with van der Waals surface area (Å²) in [7, 11) is 0. The average molecular weight is 1200 g/mol. The number of benzene rings is 6. The summed E-state index contributed by atoms with van der Waals surface area (Å²) in [5.41, 5.74) is 5.47. The number of guanidine groups is 2. The van der Waals surface area contributed by atoms with E-state index in [2.05, 4.69) is 41.9 Å². The van der Waals surface area contributed by atoms with Crippen LogP contribution in [0.3, 0.4) is 0 Å². The fraction of sp³-hybridized carbons (Fsp3) is 0.303. The minimum Gasteiger partial charge on any atom is -0.444 e. The van der Waals surface area contributed by atoms with Gasteiger partial charge < -0.3 is 39.4 Å². The lowest BCUT2D eigenvalue weighted by atomic mass is 10.0. The van der Waals surface area contributed by atoms with Crippen LogP contribution in [0.2, 0.25) is 0 Å². The minimum absolute atomic E-state index is 0.00533. The molecule has 88 heavy (non-hydrogen) atoms. The maximum atomic E-state index is 13.6. The van der Waals surface area contributed by atoms with Crippen LogP contribution >= 0.6 is 0 Å². The van der Waals surface area contributed by atoms with E-state index < -0.39 is 36.5 Å². The van der Waals surface area contributed by atoms with Crippen LogP contribution in [-0.4, -0.2) is 94.9 Å². The van der Waals surface area contributed by atoms with Crippen LogP contribution in [0.1, 0.15) is 97.6 Å². The molecule has 6 aromatic carbocycles. The zero-order valence-corrected chi connectivity index (χ0v) is 48.7. The second-order valence-corrected chi connectivity index (χ2v) is 21.0. The van der Waals surface area contributed by atoms with Crippen molar-refractivity contribution in [3.05, 3.63) is 203 Å². The lowest BCUT2D eigenvalue weighted by Crippen LogP contribution is -2.51. The second-order valence-electron chi connectivity index (χ2n) is 21.0. The lowest BCUT2D eigenvalue weighted by Gasteiger charge is -2.32. The number of piperidine rings is 2. The van der Waals surface area contributed by atoms with Crippen molar-refractivity contribution in [3.8, 4) is 0 Å². The molecule has 2 unspecified atom stereocenters. The molecule has 0 aromatic heterocycles. The first-order valence-corrected chi connectivity index (χ1v) is 29.3. The zero-order valence-electron chi connectivity index (χ0n) is 48.7. The van der Waals surface area contributed by atoms with Gasteiger partial charge in [0, 0.05) is 39.0 Å². The third-order valence-corrected chi connectivity index (χ3v) is 14.1. The molecule has 22 nitrogen and oxygen atoms in total. The number of amides is 8. The number of carbonyl (C=O) groups excluding carboxylic acids is 8. The number of nitrogens with one attached hydrogen (secondary N) is 6. The van der Waals surface area contributed by atoms with Crippen LogP contribution in [-0.2, 0) is 77.6 Å². The molecule has 8 amide bonds. The van der Waals surface area contributed by atoms with Crippen LogP contribution in [0.5, 0.6) is 0 Å². The second kappa shape index (κ2) is 33.9. The Morgan fingerprint density at radius 1 is 0.386 bits per heavy atom. The Morgan fingerprint density at radius 3 is 0.977 bits per heavy atom.